The zero-order valence-corrected chi connectivity index (χ0v) is 16.2. The fourth-order valence-corrected chi connectivity index (χ4v) is 3.42. The molecule has 0 spiro atoms. The maximum atomic E-state index is 12.5. The van der Waals surface area contributed by atoms with Crippen LogP contribution in [0.2, 0.25) is 0 Å². The zero-order chi connectivity index (χ0) is 20.2. The summed E-state index contributed by atoms with van der Waals surface area (Å²) in [5.74, 6) is 1.18. The summed E-state index contributed by atoms with van der Waals surface area (Å²) in [5, 5.41) is 2.87. The molecule has 8 nitrogen and oxygen atoms in total. The van der Waals surface area contributed by atoms with Crippen molar-refractivity contribution in [3.05, 3.63) is 53.6 Å². The Hall–Kier alpha value is -3.26. The Morgan fingerprint density at radius 3 is 2.45 bits per heavy atom. The van der Waals surface area contributed by atoms with Crippen molar-refractivity contribution in [3.63, 3.8) is 0 Å². The van der Waals surface area contributed by atoms with Crippen molar-refractivity contribution in [3.8, 4) is 11.5 Å². The summed E-state index contributed by atoms with van der Waals surface area (Å²) < 4.78 is 15.5. The molecule has 152 valence electrons. The third kappa shape index (κ3) is 4.43. The normalized spacial score (nSPS) is 15.8. The van der Waals surface area contributed by atoms with Crippen molar-refractivity contribution >= 4 is 17.7 Å². The first-order valence-corrected chi connectivity index (χ1v) is 9.47. The second kappa shape index (κ2) is 8.40. The molecule has 8 heteroatoms. The van der Waals surface area contributed by atoms with Gasteiger partial charge in [0.05, 0.1) is 12.7 Å². The van der Waals surface area contributed by atoms with Gasteiger partial charge in [0.25, 0.3) is 0 Å². The largest absolute Gasteiger partial charge is 0.465 e. The lowest BCUT2D eigenvalue weighted by molar-refractivity contribution is 0.0600. The van der Waals surface area contributed by atoms with E-state index in [1.165, 1.54) is 7.11 Å². The standard InChI is InChI=1S/C21H23N3O5/c1-27-20(25)16-3-5-17(6-4-16)22-21(26)24-10-8-23(9-11-24)13-15-2-7-18-19(12-15)29-14-28-18/h2-7,12H,8-11,13-14H2,1H3,(H,22,26). The molecule has 0 bridgehead atoms. The van der Waals surface area contributed by atoms with Crippen LogP contribution in [0.4, 0.5) is 10.5 Å². The molecule has 1 fully saturated rings. The SMILES string of the molecule is COC(=O)c1ccc(NC(=O)N2CCN(Cc3ccc4c(c3)OCO4)CC2)cc1. The highest BCUT2D eigenvalue weighted by molar-refractivity contribution is 5.92. The number of ether oxygens (including phenoxy) is 3. The van der Waals surface area contributed by atoms with Crippen molar-refractivity contribution in [1.82, 2.24) is 9.80 Å². The van der Waals surface area contributed by atoms with Crippen LogP contribution < -0.4 is 14.8 Å². The number of fused-ring (bicyclic) bond motifs is 1. The number of nitrogens with one attached hydrogen (secondary N) is 1. The van der Waals surface area contributed by atoms with Gasteiger partial charge >= 0.3 is 12.0 Å². The fraction of sp³-hybridized carbons (Fsp3) is 0.333. The molecule has 2 amide bonds. The van der Waals surface area contributed by atoms with Gasteiger partial charge in [-0.2, -0.15) is 0 Å². The minimum atomic E-state index is -0.401. The van der Waals surface area contributed by atoms with Crippen LogP contribution in [0.3, 0.4) is 0 Å². The first-order valence-electron chi connectivity index (χ1n) is 9.47. The Bertz CT molecular complexity index is 892. The number of anilines is 1. The van der Waals surface area contributed by atoms with Crippen LogP contribution >= 0.6 is 0 Å². The zero-order valence-electron chi connectivity index (χ0n) is 16.2. The number of rotatable bonds is 4. The molecule has 2 heterocycles. The van der Waals surface area contributed by atoms with E-state index in [2.05, 4.69) is 15.0 Å². The van der Waals surface area contributed by atoms with Gasteiger partial charge in [0.1, 0.15) is 0 Å². The van der Waals surface area contributed by atoms with Crippen molar-refractivity contribution in [2.75, 3.05) is 45.4 Å². The maximum absolute atomic E-state index is 12.5. The third-order valence-electron chi connectivity index (χ3n) is 5.06. The summed E-state index contributed by atoms with van der Waals surface area (Å²) in [5.41, 5.74) is 2.26. The quantitative estimate of drug-likeness (QED) is 0.799. The molecule has 29 heavy (non-hydrogen) atoms. The number of nitrogens with zero attached hydrogens (tertiary/aromatic N) is 2. The number of amides is 2. The number of carbonyl (C=O) groups excluding carboxylic acids is 2. The minimum absolute atomic E-state index is 0.140. The Morgan fingerprint density at radius 1 is 1.00 bits per heavy atom. The Morgan fingerprint density at radius 2 is 1.72 bits per heavy atom. The topological polar surface area (TPSA) is 80.3 Å². The van der Waals surface area contributed by atoms with Gasteiger partial charge in [-0.05, 0) is 42.0 Å². The van der Waals surface area contributed by atoms with Crippen molar-refractivity contribution in [2.45, 2.75) is 6.54 Å². The molecule has 0 aliphatic carbocycles. The van der Waals surface area contributed by atoms with E-state index in [1.54, 1.807) is 29.2 Å². The molecule has 2 aromatic carbocycles. The summed E-state index contributed by atoms with van der Waals surface area (Å²) in [7, 11) is 1.34. The van der Waals surface area contributed by atoms with E-state index >= 15 is 0 Å². The van der Waals surface area contributed by atoms with E-state index < -0.39 is 5.97 Å². The van der Waals surface area contributed by atoms with Gasteiger partial charge in [-0.25, -0.2) is 9.59 Å². The van der Waals surface area contributed by atoms with Crippen LogP contribution in [-0.2, 0) is 11.3 Å². The fourth-order valence-electron chi connectivity index (χ4n) is 3.42. The number of hydrogen-bond donors (Lipinski definition) is 1. The van der Waals surface area contributed by atoms with Crippen LogP contribution in [0.15, 0.2) is 42.5 Å². The Kier molecular flexibility index (Phi) is 5.53. The average Bonchev–Trinajstić information content (AvgIpc) is 3.22. The van der Waals surface area contributed by atoms with Gasteiger partial charge in [-0.15, -0.1) is 0 Å². The van der Waals surface area contributed by atoms with Crippen LogP contribution in [0.5, 0.6) is 11.5 Å². The highest BCUT2D eigenvalue weighted by Gasteiger charge is 2.22. The van der Waals surface area contributed by atoms with Crippen molar-refractivity contribution in [2.24, 2.45) is 0 Å². The molecule has 2 aromatic rings. The smallest absolute Gasteiger partial charge is 0.337 e. The van der Waals surface area contributed by atoms with Crippen molar-refractivity contribution < 1.29 is 23.8 Å². The van der Waals surface area contributed by atoms with E-state index in [0.717, 1.165) is 36.7 Å². The highest BCUT2D eigenvalue weighted by Crippen LogP contribution is 2.32. The molecule has 4 rings (SSSR count). The molecular formula is C21H23N3O5. The highest BCUT2D eigenvalue weighted by atomic mass is 16.7. The van der Waals surface area contributed by atoms with Gasteiger partial charge in [-0.3, -0.25) is 4.90 Å². The summed E-state index contributed by atoms with van der Waals surface area (Å²) in [4.78, 5) is 28.1. The number of esters is 1. The summed E-state index contributed by atoms with van der Waals surface area (Å²) in [6.07, 6.45) is 0. The predicted molar refractivity (Wildman–Crippen MR) is 106 cm³/mol. The maximum Gasteiger partial charge on any atom is 0.337 e. The van der Waals surface area contributed by atoms with E-state index in [1.807, 2.05) is 18.2 Å². The van der Waals surface area contributed by atoms with Gasteiger partial charge in [0.2, 0.25) is 6.79 Å². The number of urea groups is 1. The summed E-state index contributed by atoms with van der Waals surface area (Å²) >= 11 is 0. The van der Waals surface area contributed by atoms with Crippen molar-refractivity contribution in [1.29, 1.82) is 0 Å². The van der Waals surface area contributed by atoms with E-state index in [-0.39, 0.29) is 12.8 Å². The van der Waals surface area contributed by atoms with Gasteiger partial charge in [0, 0.05) is 38.4 Å². The number of hydrogen-bond acceptors (Lipinski definition) is 6. The number of piperazine rings is 1. The lowest BCUT2D eigenvalue weighted by Gasteiger charge is -2.34. The predicted octanol–water partition coefficient (Wildman–Crippen LogP) is 2.55. The second-order valence-electron chi connectivity index (χ2n) is 6.95. The molecule has 2 aliphatic rings. The summed E-state index contributed by atoms with van der Waals surface area (Å²) in [6, 6.07) is 12.5. The molecule has 0 aromatic heterocycles. The van der Waals surface area contributed by atoms with E-state index in [4.69, 9.17) is 9.47 Å². The molecule has 0 radical (unpaired) electrons. The molecule has 0 unspecified atom stereocenters. The van der Waals surface area contributed by atoms with Gasteiger partial charge < -0.3 is 24.4 Å². The van der Waals surface area contributed by atoms with E-state index in [0.29, 0.717) is 24.3 Å². The number of carbonyl (C=O) groups is 2. The third-order valence-corrected chi connectivity index (χ3v) is 5.06. The Balaban J connectivity index is 1.26. The molecule has 2 aliphatic heterocycles. The molecule has 0 atom stereocenters. The molecule has 1 N–H and O–H groups in total. The van der Waals surface area contributed by atoms with Gasteiger partial charge in [-0.1, -0.05) is 6.07 Å². The molecule has 1 saturated heterocycles. The number of methoxy groups -OCH3 is 1. The second-order valence-corrected chi connectivity index (χ2v) is 6.95. The number of benzene rings is 2. The van der Waals surface area contributed by atoms with Gasteiger partial charge in [0.15, 0.2) is 11.5 Å². The Labute approximate surface area is 168 Å². The van der Waals surface area contributed by atoms with Crippen LogP contribution in [0, 0.1) is 0 Å². The minimum Gasteiger partial charge on any atom is -0.465 e. The van der Waals surface area contributed by atoms with E-state index in [9.17, 15) is 9.59 Å². The average molecular weight is 397 g/mol. The first-order chi connectivity index (χ1) is 14.1. The lowest BCUT2D eigenvalue weighted by atomic mass is 10.1. The van der Waals surface area contributed by atoms with Crippen LogP contribution in [-0.4, -0.2) is 61.9 Å². The molecule has 0 saturated carbocycles. The van der Waals surface area contributed by atoms with Crippen LogP contribution in [0.1, 0.15) is 15.9 Å². The molecular weight excluding hydrogens is 374 g/mol. The lowest BCUT2D eigenvalue weighted by Crippen LogP contribution is -2.49. The van der Waals surface area contributed by atoms with Crippen LogP contribution in [0.25, 0.3) is 0 Å². The monoisotopic (exact) mass is 397 g/mol. The first kappa shape index (κ1) is 19.1. The summed E-state index contributed by atoms with van der Waals surface area (Å²) in [6.45, 7) is 3.97.